The Morgan fingerprint density at radius 2 is 1.59 bits per heavy atom. The van der Waals surface area contributed by atoms with E-state index in [0.29, 0.717) is 19.5 Å². The number of aromatic nitrogens is 4. The van der Waals surface area contributed by atoms with Gasteiger partial charge in [-0.15, -0.1) is 5.10 Å². The zero-order valence-corrected chi connectivity index (χ0v) is 15.1. The largest absolute Gasteiger partial charge is 0.368 e. The zero-order chi connectivity index (χ0) is 18.5. The molecule has 1 aliphatic rings. The van der Waals surface area contributed by atoms with Crippen molar-refractivity contribution in [2.45, 2.75) is 12.5 Å². The number of hydrogen-bond acceptors (Lipinski definition) is 5. The predicted molar refractivity (Wildman–Crippen MR) is 102 cm³/mol. The van der Waals surface area contributed by atoms with Crippen LogP contribution in [0.4, 0.5) is 5.69 Å². The molecule has 2 heterocycles. The van der Waals surface area contributed by atoms with Crippen molar-refractivity contribution in [3.05, 3.63) is 72.6 Å². The molecule has 0 bridgehead atoms. The highest BCUT2D eigenvalue weighted by Gasteiger charge is 2.29. The quantitative estimate of drug-likeness (QED) is 0.692. The van der Waals surface area contributed by atoms with Crippen molar-refractivity contribution in [1.82, 2.24) is 25.1 Å². The molecule has 4 rings (SSSR count). The molecule has 138 valence electrons. The van der Waals surface area contributed by atoms with E-state index < -0.39 is 6.04 Å². The molecule has 1 saturated heterocycles. The van der Waals surface area contributed by atoms with Gasteiger partial charge >= 0.3 is 0 Å². The second-order valence-corrected chi connectivity index (χ2v) is 6.64. The highest BCUT2D eigenvalue weighted by Crippen LogP contribution is 2.20. The Balaban J connectivity index is 1.46. The van der Waals surface area contributed by atoms with Crippen LogP contribution >= 0.6 is 0 Å². The molecule has 0 N–H and O–H groups in total. The van der Waals surface area contributed by atoms with Crippen molar-refractivity contribution in [2.24, 2.45) is 0 Å². The predicted octanol–water partition coefficient (Wildman–Crippen LogP) is 1.81. The number of hydrogen-bond donors (Lipinski definition) is 0. The van der Waals surface area contributed by atoms with Crippen molar-refractivity contribution in [3.8, 4) is 0 Å². The average molecular weight is 362 g/mol. The van der Waals surface area contributed by atoms with Gasteiger partial charge in [0.05, 0.1) is 0 Å². The van der Waals surface area contributed by atoms with Gasteiger partial charge in [-0.25, -0.2) is 4.68 Å². The van der Waals surface area contributed by atoms with Gasteiger partial charge < -0.3 is 9.80 Å². The van der Waals surface area contributed by atoms with Crippen molar-refractivity contribution in [3.63, 3.8) is 0 Å². The van der Waals surface area contributed by atoms with E-state index in [0.717, 1.165) is 18.7 Å². The molecule has 0 spiro atoms. The normalized spacial score (nSPS) is 15.6. The minimum Gasteiger partial charge on any atom is -0.368 e. The summed E-state index contributed by atoms with van der Waals surface area (Å²) in [6, 6.07) is 19.9. The molecular weight excluding hydrogens is 340 g/mol. The SMILES string of the molecule is O=C([C@@H](Cc1ccccc1)n1cnnn1)N1CCN(c2ccccc2)CC1. The number of nitrogens with zero attached hydrogens (tertiary/aromatic N) is 6. The molecule has 3 aromatic rings. The molecule has 1 aliphatic heterocycles. The number of carbonyl (C=O) groups is 1. The number of piperazine rings is 1. The van der Waals surface area contributed by atoms with Crippen molar-refractivity contribution < 1.29 is 4.79 Å². The third-order valence-corrected chi connectivity index (χ3v) is 4.95. The van der Waals surface area contributed by atoms with E-state index in [1.54, 1.807) is 4.68 Å². The van der Waals surface area contributed by atoms with E-state index >= 15 is 0 Å². The van der Waals surface area contributed by atoms with Crippen molar-refractivity contribution in [1.29, 1.82) is 0 Å². The Kier molecular flexibility index (Phi) is 5.09. The fourth-order valence-corrected chi connectivity index (χ4v) is 3.48. The maximum absolute atomic E-state index is 13.2. The lowest BCUT2D eigenvalue weighted by atomic mass is 10.0. The summed E-state index contributed by atoms with van der Waals surface area (Å²) in [6.07, 6.45) is 2.09. The maximum Gasteiger partial charge on any atom is 0.248 e. The van der Waals surface area contributed by atoms with Gasteiger partial charge in [0.25, 0.3) is 0 Å². The number of benzene rings is 2. The monoisotopic (exact) mass is 362 g/mol. The maximum atomic E-state index is 13.2. The third kappa shape index (κ3) is 3.97. The summed E-state index contributed by atoms with van der Waals surface area (Å²) in [7, 11) is 0. The summed E-state index contributed by atoms with van der Waals surface area (Å²) in [6.45, 7) is 3.04. The molecule has 0 radical (unpaired) electrons. The van der Waals surface area contributed by atoms with Crippen LogP contribution in [0.2, 0.25) is 0 Å². The first kappa shape index (κ1) is 17.2. The second-order valence-electron chi connectivity index (χ2n) is 6.64. The van der Waals surface area contributed by atoms with E-state index in [4.69, 9.17) is 0 Å². The van der Waals surface area contributed by atoms with E-state index in [9.17, 15) is 4.79 Å². The molecule has 2 aromatic carbocycles. The van der Waals surface area contributed by atoms with Crippen LogP contribution in [-0.4, -0.2) is 57.2 Å². The molecule has 0 unspecified atom stereocenters. The summed E-state index contributed by atoms with van der Waals surface area (Å²) >= 11 is 0. The number of rotatable bonds is 5. The second kappa shape index (κ2) is 7.99. The molecule has 27 heavy (non-hydrogen) atoms. The molecule has 0 saturated carbocycles. The molecule has 0 aliphatic carbocycles. The summed E-state index contributed by atoms with van der Waals surface area (Å²) in [5.74, 6) is 0.0684. The first-order valence-corrected chi connectivity index (χ1v) is 9.16. The van der Waals surface area contributed by atoms with Crippen LogP contribution in [0.3, 0.4) is 0 Å². The van der Waals surface area contributed by atoms with Crippen molar-refractivity contribution in [2.75, 3.05) is 31.1 Å². The lowest BCUT2D eigenvalue weighted by Gasteiger charge is -2.37. The van der Waals surface area contributed by atoms with Crippen LogP contribution < -0.4 is 4.90 Å². The van der Waals surface area contributed by atoms with Crippen LogP contribution in [-0.2, 0) is 11.2 Å². The molecule has 1 amide bonds. The molecule has 7 heteroatoms. The first-order valence-electron chi connectivity index (χ1n) is 9.16. The summed E-state index contributed by atoms with van der Waals surface area (Å²) < 4.78 is 1.57. The van der Waals surface area contributed by atoms with Gasteiger partial charge in [0.15, 0.2) is 0 Å². The summed E-state index contributed by atoms with van der Waals surface area (Å²) in [5.41, 5.74) is 2.29. The minimum absolute atomic E-state index is 0.0684. The smallest absolute Gasteiger partial charge is 0.248 e. The Morgan fingerprint density at radius 1 is 0.926 bits per heavy atom. The molecular formula is C20H22N6O. The van der Waals surface area contributed by atoms with E-state index in [1.807, 2.05) is 53.4 Å². The number of anilines is 1. The van der Waals surface area contributed by atoms with E-state index in [1.165, 1.54) is 12.0 Å². The Bertz CT molecular complexity index is 845. The Morgan fingerprint density at radius 3 is 2.22 bits per heavy atom. The lowest BCUT2D eigenvalue weighted by molar-refractivity contribution is -0.135. The van der Waals surface area contributed by atoms with E-state index in [2.05, 4.69) is 32.6 Å². The molecule has 1 fully saturated rings. The van der Waals surface area contributed by atoms with Crippen LogP contribution in [0.15, 0.2) is 67.0 Å². The van der Waals surface area contributed by atoms with Crippen LogP contribution in [0.1, 0.15) is 11.6 Å². The zero-order valence-electron chi connectivity index (χ0n) is 15.1. The first-order chi connectivity index (χ1) is 13.3. The summed E-state index contributed by atoms with van der Waals surface area (Å²) in [4.78, 5) is 17.5. The molecule has 1 atom stereocenters. The van der Waals surface area contributed by atoms with Gasteiger partial charge in [-0.3, -0.25) is 4.79 Å². The van der Waals surface area contributed by atoms with Gasteiger partial charge in [0.1, 0.15) is 12.4 Å². The Hall–Kier alpha value is -3.22. The topological polar surface area (TPSA) is 67.2 Å². The fourth-order valence-electron chi connectivity index (χ4n) is 3.48. The van der Waals surface area contributed by atoms with Gasteiger partial charge in [0.2, 0.25) is 5.91 Å². The number of carbonyl (C=O) groups excluding carboxylic acids is 1. The molecule has 1 aromatic heterocycles. The van der Waals surface area contributed by atoms with Gasteiger partial charge in [0, 0.05) is 38.3 Å². The standard InChI is InChI=1S/C20H22N6O/c27-20(25-13-11-24(12-14-25)18-9-5-2-6-10-18)19(26-16-21-22-23-26)15-17-7-3-1-4-8-17/h1-10,16,19H,11-15H2/t19-/m1/s1. The van der Waals surface area contributed by atoms with Gasteiger partial charge in [-0.05, 0) is 28.1 Å². The van der Waals surface area contributed by atoms with Crippen molar-refractivity contribution >= 4 is 11.6 Å². The van der Waals surface area contributed by atoms with Gasteiger partial charge in [-0.2, -0.15) is 0 Å². The van der Waals surface area contributed by atoms with Crippen LogP contribution in [0.5, 0.6) is 0 Å². The van der Waals surface area contributed by atoms with E-state index in [-0.39, 0.29) is 5.91 Å². The fraction of sp³-hybridized carbons (Fsp3) is 0.300. The third-order valence-electron chi connectivity index (χ3n) is 4.95. The summed E-state index contributed by atoms with van der Waals surface area (Å²) in [5, 5.41) is 11.4. The number of para-hydroxylation sites is 1. The highest BCUT2D eigenvalue weighted by atomic mass is 16.2. The highest BCUT2D eigenvalue weighted by molar-refractivity contribution is 5.81. The molecule has 7 nitrogen and oxygen atoms in total. The number of tetrazole rings is 1. The van der Waals surface area contributed by atoms with Crippen LogP contribution in [0.25, 0.3) is 0 Å². The van der Waals surface area contributed by atoms with Crippen LogP contribution in [0, 0.1) is 0 Å². The Labute approximate surface area is 158 Å². The average Bonchev–Trinajstić information content (AvgIpc) is 3.28. The lowest BCUT2D eigenvalue weighted by Crippen LogP contribution is -2.51. The number of amides is 1. The minimum atomic E-state index is -0.425. The van der Waals surface area contributed by atoms with Gasteiger partial charge in [-0.1, -0.05) is 48.5 Å².